The highest BCUT2D eigenvalue weighted by Gasteiger charge is 2.30. The Morgan fingerprint density at radius 2 is 1.88 bits per heavy atom. The van der Waals surface area contributed by atoms with E-state index >= 15 is 0 Å². The number of amides is 1. The molecule has 33 heavy (non-hydrogen) atoms. The number of fused-ring (bicyclic) bond motifs is 1. The van der Waals surface area contributed by atoms with Gasteiger partial charge in [-0.05, 0) is 44.9 Å². The summed E-state index contributed by atoms with van der Waals surface area (Å²) in [5.41, 5.74) is 1.44. The van der Waals surface area contributed by atoms with Gasteiger partial charge in [-0.15, -0.1) is 0 Å². The summed E-state index contributed by atoms with van der Waals surface area (Å²) in [4.78, 5) is 33.8. The van der Waals surface area contributed by atoms with Gasteiger partial charge in [-0.3, -0.25) is 14.6 Å². The molecule has 4 rings (SSSR count). The molecular weight excluding hydrogens is 420 g/mol. The number of esters is 1. The number of carbonyl (C=O) groups is 2. The van der Waals surface area contributed by atoms with Crippen molar-refractivity contribution in [2.75, 3.05) is 45.2 Å². The minimum absolute atomic E-state index is 0.129. The summed E-state index contributed by atoms with van der Waals surface area (Å²) in [6.45, 7) is 7.70. The molecule has 1 aliphatic heterocycles. The number of methoxy groups -OCH3 is 1. The average molecular weight is 457 g/mol. The predicted octanol–water partition coefficient (Wildman–Crippen LogP) is 3.63. The number of hydrogen-bond donors (Lipinski definition) is 2. The summed E-state index contributed by atoms with van der Waals surface area (Å²) in [6, 6.07) is 5.87. The second-order valence-electron chi connectivity index (χ2n) is 9.04. The van der Waals surface area contributed by atoms with Crippen LogP contribution in [0.2, 0.25) is 0 Å². The maximum atomic E-state index is 13.3. The van der Waals surface area contributed by atoms with E-state index in [0.29, 0.717) is 17.5 Å². The summed E-state index contributed by atoms with van der Waals surface area (Å²) in [6.07, 6.45) is 6.64. The number of H-pyrrole nitrogens is 1. The third kappa shape index (κ3) is 5.17. The van der Waals surface area contributed by atoms with E-state index in [2.05, 4.69) is 20.1 Å². The predicted molar refractivity (Wildman–Crippen MR) is 129 cm³/mol. The first kappa shape index (κ1) is 23.6. The second-order valence-corrected chi connectivity index (χ2v) is 9.04. The molecule has 8 nitrogen and oxygen atoms in total. The smallest absolute Gasteiger partial charge is 0.356 e. The molecule has 1 amide bonds. The number of aromatic nitrogens is 1. The summed E-state index contributed by atoms with van der Waals surface area (Å²) in [7, 11) is 1.59. The largest absolute Gasteiger partial charge is 0.497 e. The van der Waals surface area contributed by atoms with E-state index in [9.17, 15) is 9.59 Å². The molecule has 1 aliphatic carbocycles. The van der Waals surface area contributed by atoms with Gasteiger partial charge in [0.05, 0.1) is 25.4 Å². The maximum Gasteiger partial charge on any atom is 0.356 e. The normalized spacial score (nSPS) is 19.4. The average Bonchev–Trinajstić information content (AvgIpc) is 3.21. The summed E-state index contributed by atoms with van der Waals surface area (Å²) < 4.78 is 10.6. The fourth-order valence-electron chi connectivity index (χ4n) is 5.11. The molecule has 1 atom stereocenters. The lowest BCUT2D eigenvalue weighted by molar-refractivity contribution is -0.121. The zero-order chi connectivity index (χ0) is 23.4. The van der Waals surface area contributed by atoms with Crippen molar-refractivity contribution in [1.82, 2.24) is 14.8 Å². The monoisotopic (exact) mass is 456 g/mol. The van der Waals surface area contributed by atoms with Crippen LogP contribution in [0.1, 0.15) is 56.4 Å². The lowest BCUT2D eigenvalue weighted by atomic mass is 9.94. The van der Waals surface area contributed by atoms with Crippen LogP contribution in [0.15, 0.2) is 18.2 Å². The Morgan fingerprint density at radius 1 is 1.15 bits per heavy atom. The molecule has 8 heteroatoms. The number of nitrogens with zero attached hydrogens (tertiary/aromatic N) is 2. The molecule has 2 heterocycles. The molecule has 0 spiro atoms. The molecule has 1 aromatic carbocycles. The Balaban J connectivity index is 1.47. The Morgan fingerprint density at radius 3 is 2.55 bits per heavy atom. The molecule has 2 aliphatic rings. The lowest BCUT2D eigenvalue weighted by Gasteiger charge is -2.42. The molecule has 1 aromatic heterocycles. The van der Waals surface area contributed by atoms with Crippen LogP contribution in [0, 0.1) is 0 Å². The number of piperazine rings is 1. The van der Waals surface area contributed by atoms with E-state index in [-0.39, 0.29) is 24.2 Å². The summed E-state index contributed by atoms with van der Waals surface area (Å²) >= 11 is 0. The fraction of sp³-hybridized carbons (Fsp3) is 0.600. The van der Waals surface area contributed by atoms with Crippen LogP contribution in [-0.2, 0) is 9.53 Å². The summed E-state index contributed by atoms with van der Waals surface area (Å²) in [5, 5.41) is 3.74. The molecule has 0 bridgehead atoms. The van der Waals surface area contributed by atoms with Gasteiger partial charge in [0.25, 0.3) is 0 Å². The molecule has 2 fully saturated rings. The van der Waals surface area contributed by atoms with E-state index in [1.165, 1.54) is 32.1 Å². The van der Waals surface area contributed by atoms with E-state index in [4.69, 9.17) is 9.47 Å². The van der Waals surface area contributed by atoms with Crippen molar-refractivity contribution >= 4 is 28.5 Å². The molecule has 2 aromatic rings. The van der Waals surface area contributed by atoms with E-state index in [0.717, 1.165) is 37.1 Å². The highest BCUT2D eigenvalue weighted by molar-refractivity contribution is 6.12. The number of benzene rings is 1. The van der Waals surface area contributed by atoms with Crippen molar-refractivity contribution in [1.29, 1.82) is 0 Å². The first-order valence-electron chi connectivity index (χ1n) is 12.2. The van der Waals surface area contributed by atoms with Crippen LogP contribution in [0.25, 0.3) is 10.9 Å². The van der Waals surface area contributed by atoms with Gasteiger partial charge in [0.1, 0.15) is 11.4 Å². The van der Waals surface area contributed by atoms with Gasteiger partial charge >= 0.3 is 5.97 Å². The van der Waals surface area contributed by atoms with E-state index in [1.54, 1.807) is 14.0 Å². The van der Waals surface area contributed by atoms with Gasteiger partial charge in [0, 0.05) is 43.1 Å². The standard InChI is InChI=1S/C25H36N4O4/c1-4-33-25(31)23-22(20-16-19(32-3)10-11-21(20)26-23)27-24(30)17(2)28-12-14-29(15-13-28)18-8-6-5-7-9-18/h10-11,16-18,26H,4-9,12-15H2,1-3H3,(H,27,30). The Kier molecular flexibility index (Phi) is 7.55. The van der Waals surface area contributed by atoms with Crippen molar-refractivity contribution < 1.29 is 19.1 Å². The molecule has 1 unspecified atom stereocenters. The minimum atomic E-state index is -0.489. The van der Waals surface area contributed by atoms with Crippen LogP contribution in [0.3, 0.4) is 0 Å². The van der Waals surface area contributed by atoms with Gasteiger partial charge in [-0.25, -0.2) is 4.79 Å². The van der Waals surface area contributed by atoms with Crippen molar-refractivity contribution in [3.63, 3.8) is 0 Å². The highest BCUT2D eigenvalue weighted by Crippen LogP contribution is 2.32. The van der Waals surface area contributed by atoms with Gasteiger partial charge < -0.3 is 19.8 Å². The lowest BCUT2D eigenvalue weighted by Crippen LogP contribution is -2.55. The Bertz CT molecular complexity index is 974. The maximum absolute atomic E-state index is 13.3. The second kappa shape index (κ2) is 10.6. The fourth-order valence-corrected chi connectivity index (χ4v) is 5.11. The Hall–Kier alpha value is -2.58. The highest BCUT2D eigenvalue weighted by atomic mass is 16.5. The first-order chi connectivity index (χ1) is 16.0. The Labute approximate surface area is 195 Å². The van der Waals surface area contributed by atoms with Crippen molar-refractivity contribution in [3.05, 3.63) is 23.9 Å². The van der Waals surface area contributed by atoms with Gasteiger partial charge in [0.15, 0.2) is 0 Å². The van der Waals surface area contributed by atoms with Crippen LogP contribution < -0.4 is 10.1 Å². The molecule has 1 saturated carbocycles. The molecule has 1 saturated heterocycles. The van der Waals surface area contributed by atoms with Crippen molar-refractivity contribution in [2.24, 2.45) is 0 Å². The quantitative estimate of drug-likeness (QED) is 0.619. The number of ether oxygens (including phenoxy) is 2. The van der Waals surface area contributed by atoms with E-state index in [1.807, 2.05) is 25.1 Å². The van der Waals surface area contributed by atoms with Crippen LogP contribution in [0.5, 0.6) is 5.75 Å². The minimum Gasteiger partial charge on any atom is -0.497 e. The SMILES string of the molecule is CCOC(=O)c1[nH]c2ccc(OC)cc2c1NC(=O)C(C)N1CCN(C2CCCCC2)CC1. The zero-order valence-electron chi connectivity index (χ0n) is 20.0. The third-order valence-electron chi connectivity index (χ3n) is 7.10. The van der Waals surface area contributed by atoms with Gasteiger partial charge in [0.2, 0.25) is 5.91 Å². The van der Waals surface area contributed by atoms with Crippen LogP contribution in [-0.4, -0.2) is 78.6 Å². The third-order valence-corrected chi connectivity index (χ3v) is 7.10. The van der Waals surface area contributed by atoms with Gasteiger partial charge in [-0.1, -0.05) is 19.3 Å². The number of nitrogens with one attached hydrogen (secondary N) is 2. The number of carbonyl (C=O) groups excluding carboxylic acids is 2. The number of rotatable bonds is 7. The molecule has 2 N–H and O–H groups in total. The van der Waals surface area contributed by atoms with Crippen LogP contribution in [0.4, 0.5) is 5.69 Å². The van der Waals surface area contributed by atoms with Crippen molar-refractivity contribution in [2.45, 2.75) is 58.0 Å². The number of hydrogen-bond acceptors (Lipinski definition) is 6. The first-order valence-corrected chi connectivity index (χ1v) is 12.2. The topological polar surface area (TPSA) is 86.9 Å². The molecule has 0 radical (unpaired) electrons. The molecular formula is C25H36N4O4. The van der Waals surface area contributed by atoms with Crippen LogP contribution >= 0.6 is 0 Å². The van der Waals surface area contributed by atoms with Crippen molar-refractivity contribution in [3.8, 4) is 5.75 Å². The molecule has 180 valence electrons. The summed E-state index contributed by atoms with van der Waals surface area (Å²) in [5.74, 6) is 0.0337. The van der Waals surface area contributed by atoms with Gasteiger partial charge in [-0.2, -0.15) is 0 Å². The van der Waals surface area contributed by atoms with E-state index < -0.39 is 5.97 Å². The zero-order valence-corrected chi connectivity index (χ0v) is 20.0. The number of anilines is 1. The number of aromatic amines is 1.